The zero-order valence-corrected chi connectivity index (χ0v) is 8.80. The predicted octanol–water partition coefficient (Wildman–Crippen LogP) is 2.71. The van der Waals surface area contributed by atoms with E-state index < -0.39 is 12.1 Å². The number of alkyl halides is 3. The molecule has 0 fully saturated rings. The summed E-state index contributed by atoms with van der Waals surface area (Å²) in [5, 5.41) is 1.81. The Kier molecular flexibility index (Phi) is 3.51. The summed E-state index contributed by atoms with van der Waals surface area (Å²) >= 11 is 0. The Labute approximate surface area is 90.7 Å². The van der Waals surface area contributed by atoms with Crippen LogP contribution in [0.25, 0.3) is 0 Å². The Hall–Kier alpha value is -1.59. The predicted molar refractivity (Wildman–Crippen MR) is 53.0 cm³/mol. The number of hydrogen-bond donors (Lipinski definition) is 1. The molecule has 0 spiro atoms. The lowest BCUT2D eigenvalue weighted by atomic mass is 10.1. The Bertz CT molecular complexity index is 388. The van der Waals surface area contributed by atoms with E-state index in [-0.39, 0.29) is 11.6 Å². The normalized spacial score (nSPS) is 11.6. The molecule has 0 saturated carbocycles. The lowest BCUT2D eigenvalue weighted by Crippen LogP contribution is -2.30. The molecular weight excluding hydrogens is 221 g/mol. The van der Waals surface area contributed by atoms with Gasteiger partial charge in [0.2, 0.25) is 0 Å². The number of pyridine rings is 1. The second-order valence-corrected chi connectivity index (χ2v) is 3.54. The first-order valence-electron chi connectivity index (χ1n) is 4.65. The van der Waals surface area contributed by atoms with Gasteiger partial charge in [-0.15, -0.1) is 0 Å². The molecule has 1 heterocycles. The van der Waals surface area contributed by atoms with Gasteiger partial charge in [-0.1, -0.05) is 13.8 Å². The zero-order valence-electron chi connectivity index (χ0n) is 8.80. The average molecular weight is 232 g/mol. The van der Waals surface area contributed by atoms with Crippen molar-refractivity contribution >= 4 is 11.6 Å². The van der Waals surface area contributed by atoms with Gasteiger partial charge < -0.3 is 5.32 Å². The van der Waals surface area contributed by atoms with Crippen molar-refractivity contribution in [3.63, 3.8) is 0 Å². The standard InChI is InChI=1S/C10H11F3N2O/c1-6(2)8-7(4-3-5-14-8)15-9(16)10(11,12)13/h3-6H,1-2H3,(H,15,16). The third-order valence-electron chi connectivity index (χ3n) is 1.89. The van der Waals surface area contributed by atoms with Gasteiger partial charge in [0.15, 0.2) is 0 Å². The second-order valence-electron chi connectivity index (χ2n) is 3.54. The van der Waals surface area contributed by atoms with E-state index in [9.17, 15) is 18.0 Å². The van der Waals surface area contributed by atoms with Gasteiger partial charge in [-0.3, -0.25) is 9.78 Å². The number of nitrogens with zero attached hydrogens (tertiary/aromatic N) is 1. The smallest absolute Gasteiger partial charge is 0.317 e. The summed E-state index contributed by atoms with van der Waals surface area (Å²) in [5.74, 6) is -2.05. The minimum absolute atomic E-state index is 0.0651. The summed E-state index contributed by atoms with van der Waals surface area (Å²) in [5.41, 5.74) is 0.528. The maximum absolute atomic E-state index is 12.0. The molecule has 1 amide bonds. The van der Waals surface area contributed by atoms with Crippen LogP contribution in [0.1, 0.15) is 25.5 Å². The van der Waals surface area contributed by atoms with Crippen molar-refractivity contribution in [1.82, 2.24) is 4.98 Å². The summed E-state index contributed by atoms with van der Waals surface area (Å²) in [6.07, 6.45) is -3.41. The molecule has 88 valence electrons. The fourth-order valence-electron chi connectivity index (χ4n) is 1.18. The lowest BCUT2D eigenvalue weighted by molar-refractivity contribution is -0.167. The summed E-state index contributed by atoms with van der Waals surface area (Å²) in [6.45, 7) is 3.57. The van der Waals surface area contributed by atoms with Crippen LogP contribution in [0.5, 0.6) is 0 Å². The number of amides is 1. The van der Waals surface area contributed by atoms with E-state index in [1.165, 1.54) is 18.3 Å². The minimum Gasteiger partial charge on any atom is -0.317 e. The van der Waals surface area contributed by atoms with E-state index in [2.05, 4.69) is 4.98 Å². The summed E-state index contributed by atoms with van der Waals surface area (Å²) in [7, 11) is 0. The van der Waals surface area contributed by atoms with Crippen LogP contribution < -0.4 is 5.32 Å². The first-order chi connectivity index (χ1) is 7.32. The molecule has 0 aromatic carbocycles. The molecule has 1 N–H and O–H groups in total. The molecule has 0 saturated heterocycles. The fraction of sp³-hybridized carbons (Fsp3) is 0.400. The zero-order chi connectivity index (χ0) is 12.3. The number of hydrogen-bond acceptors (Lipinski definition) is 2. The Morgan fingerprint density at radius 3 is 2.56 bits per heavy atom. The van der Waals surface area contributed by atoms with E-state index in [4.69, 9.17) is 0 Å². The Morgan fingerprint density at radius 1 is 1.44 bits per heavy atom. The van der Waals surface area contributed by atoms with Crippen molar-refractivity contribution in [2.24, 2.45) is 0 Å². The van der Waals surface area contributed by atoms with Gasteiger partial charge in [-0.2, -0.15) is 13.2 Å². The fourth-order valence-corrected chi connectivity index (χ4v) is 1.18. The van der Waals surface area contributed by atoms with Crippen molar-refractivity contribution in [1.29, 1.82) is 0 Å². The molecule has 1 aromatic heterocycles. The monoisotopic (exact) mass is 232 g/mol. The van der Waals surface area contributed by atoms with Crippen molar-refractivity contribution in [3.05, 3.63) is 24.0 Å². The molecule has 1 aromatic rings. The van der Waals surface area contributed by atoms with E-state index in [0.717, 1.165) is 0 Å². The quantitative estimate of drug-likeness (QED) is 0.851. The number of carbonyl (C=O) groups is 1. The van der Waals surface area contributed by atoms with Gasteiger partial charge in [-0.25, -0.2) is 0 Å². The van der Waals surface area contributed by atoms with E-state index >= 15 is 0 Å². The van der Waals surface area contributed by atoms with Crippen LogP contribution in [0, 0.1) is 0 Å². The van der Waals surface area contributed by atoms with Crippen LogP contribution >= 0.6 is 0 Å². The highest BCUT2D eigenvalue weighted by Gasteiger charge is 2.39. The molecule has 3 nitrogen and oxygen atoms in total. The minimum atomic E-state index is -4.88. The van der Waals surface area contributed by atoms with E-state index in [1.807, 2.05) is 0 Å². The Balaban J connectivity index is 2.94. The molecule has 0 atom stereocenters. The van der Waals surface area contributed by atoms with Crippen LogP contribution in [0.4, 0.5) is 18.9 Å². The van der Waals surface area contributed by atoms with Crippen LogP contribution in [-0.2, 0) is 4.79 Å². The first-order valence-corrected chi connectivity index (χ1v) is 4.65. The van der Waals surface area contributed by atoms with Crippen molar-refractivity contribution in [3.8, 4) is 0 Å². The largest absolute Gasteiger partial charge is 0.471 e. The van der Waals surface area contributed by atoms with Gasteiger partial charge in [-0.05, 0) is 18.1 Å². The maximum atomic E-state index is 12.0. The van der Waals surface area contributed by atoms with Crippen LogP contribution in [0.2, 0.25) is 0 Å². The van der Waals surface area contributed by atoms with Crippen molar-refractivity contribution in [2.45, 2.75) is 25.9 Å². The lowest BCUT2D eigenvalue weighted by Gasteiger charge is -2.13. The highest BCUT2D eigenvalue weighted by Crippen LogP contribution is 2.23. The summed E-state index contributed by atoms with van der Waals surface area (Å²) in [6, 6.07) is 2.86. The van der Waals surface area contributed by atoms with Gasteiger partial charge in [0.25, 0.3) is 0 Å². The molecule has 0 aliphatic heterocycles. The number of anilines is 1. The molecule has 0 aliphatic carbocycles. The number of halogens is 3. The van der Waals surface area contributed by atoms with Crippen molar-refractivity contribution in [2.75, 3.05) is 5.32 Å². The maximum Gasteiger partial charge on any atom is 0.471 e. The van der Waals surface area contributed by atoms with E-state index in [1.54, 1.807) is 19.2 Å². The van der Waals surface area contributed by atoms with Gasteiger partial charge >= 0.3 is 12.1 Å². The third-order valence-corrected chi connectivity index (χ3v) is 1.89. The third kappa shape index (κ3) is 2.95. The number of aromatic nitrogens is 1. The highest BCUT2D eigenvalue weighted by molar-refractivity contribution is 5.95. The van der Waals surface area contributed by atoms with Crippen LogP contribution in [-0.4, -0.2) is 17.1 Å². The van der Waals surface area contributed by atoms with Crippen LogP contribution in [0.15, 0.2) is 18.3 Å². The molecular formula is C10H11F3N2O. The molecule has 1 rings (SSSR count). The number of rotatable bonds is 2. The number of carbonyl (C=O) groups excluding carboxylic acids is 1. The topological polar surface area (TPSA) is 42.0 Å². The van der Waals surface area contributed by atoms with Crippen LogP contribution in [0.3, 0.4) is 0 Å². The molecule has 0 bridgehead atoms. The number of nitrogens with one attached hydrogen (secondary N) is 1. The highest BCUT2D eigenvalue weighted by atomic mass is 19.4. The first kappa shape index (κ1) is 12.5. The SMILES string of the molecule is CC(C)c1ncccc1NC(=O)C(F)(F)F. The summed E-state index contributed by atoms with van der Waals surface area (Å²) < 4.78 is 36.1. The van der Waals surface area contributed by atoms with E-state index in [0.29, 0.717) is 5.69 Å². The summed E-state index contributed by atoms with van der Waals surface area (Å²) in [4.78, 5) is 14.7. The molecule has 16 heavy (non-hydrogen) atoms. The molecule has 0 aliphatic rings. The van der Waals surface area contributed by atoms with Crippen molar-refractivity contribution < 1.29 is 18.0 Å². The van der Waals surface area contributed by atoms with Gasteiger partial charge in [0, 0.05) is 6.20 Å². The molecule has 0 radical (unpaired) electrons. The van der Waals surface area contributed by atoms with Gasteiger partial charge in [0.1, 0.15) is 0 Å². The Morgan fingerprint density at radius 2 is 2.06 bits per heavy atom. The van der Waals surface area contributed by atoms with Gasteiger partial charge in [0.05, 0.1) is 11.4 Å². The molecule has 6 heteroatoms. The second kappa shape index (κ2) is 4.51. The average Bonchev–Trinajstić information content (AvgIpc) is 2.16. The molecule has 0 unspecified atom stereocenters.